The van der Waals surface area contributed by atoms with E-state index in [1.54, 1.807) is 23.1 Å². The summed E-state index contributed by atoms with van der Waals surface area (Å²) < 4.78 is 7.08. The number of thioether (sulfide) groups is 1. The van der Waals surface area contributed by atoms with Crippen molar-refractivity contribution in [1.29, 1.82) is 0 Å². The topological polar surface area (TPSA) is 54.3 Å². The Labute approximate surface area is 149 Å². The summed E-state index contributed by atoms with van der Waals surface area (Å²) in [5.74, 6) is 0.996. The van der Waals surface area contributed by atoms with Gasteiger partial charge in [0.15, 0.2) is 5.76 Å². The number of carbonyl (C=O) groups excluding carboxylic acids is 1. The Kier molecular flexibility index (Phi) is 5.96. The number of carbonyl (C=O) groups is 1. The van der Waals surface area contributed by atoms with Gasteiger partial charge in [0.05, 0.1) is 4.21 Å². The van der Waals surface area contributed by atoms with Crippen LogP contribution >= 0.6 is 23.1 Å². The number of nitrogens with one attached hydrogen (secondary N) is 2. The predicted molar refractivity (Wildman–Crippen MR) is 101 cm³/mol. The van der Waals surface area contributed by atoms with E-state index >= 15 is 0 Å². The number of likely N-dealkylation sites (N-methyl/N-ethyl adjacent to an activating group) is 1. The van der Waals surface area contributed by atoms with E-state index in [4.69, 9.17) is 4.42 Å². The molecule has 2 N–H and O–H groups in total. The smallest absolute Gasteiger partial charge is 0.287 e. The molecule has 0 fully saturated rings. The number of hydrogen-bond donors (Lipinski definition) is 2. The summed E-state index contributed by atoms with van der Waals surface area (Å²) in [6.45, 7) is 4.27. The van der Waals surface area contributed by atoms with E-state index in [1.165, 1.54) is 4.21 Å². The highest BCUT2D eigenvalue weighted by atomic mass is 32.2. The third-order valence-electron chi connectivity index (χ3n) is 3.60. The summed E-state index contributed by atoms with van der Waals surface area (Å²) in [4.78, 5) is 12.5. The largest absolute Gasteiger partial charge is 0.451 e. The molecule has 3 rings (SSSR count). The van der Waals surface area contributed by atoms with Crippen LogP contribution in [0.4, 0.5) is 0 Å². The summed E-state index contributed by atoms with van der Waals surface area (Å²) in [6.07, 6.45) is 0. The van der Waals surface area contributed by atoms with Crippen molar-refractivity contribution in [3.63, 3.8) is 0 Å². The fraction of sp³-hybridized carbons (Fsp3) is 0.278. The van der Waals surface area contributed by atoms with Crippen LogP contribution in [0.1, 0.15) is 23.0 Å². The number of thiophene rings is 1. The number of fused-ring (bicyclic) bond motifs is 1. The van der Waals surface area contributed by atoms with E-state index in [0.29, 0.717) is 18.1 Å². The van der Waals surface area contributed by atoms with E-state index < -0.39 is 0 Å². The maximum Gasteiger partial charge on any atom is 0.287 e. The fourth-order valence-corrected chi connectivity index (χ4v) is 4.25. The Balaban J connectivity index is 1.80. The minimum atomic E-state index is -0.147. The number of hydrogen-bond acceptors (Lipinski definition) is 5. The Morgan fingerprint density at radius 1 is 1.21 bits per heavy atom. The third kappa shape index (κ3) is 4.01. The highest BCUT2D eigenvalue weighted by molar-refractivity contribution is 8.00. The monoisotopic (exact) mass is 360 g/mol. The van der Waals surface area contributed by atoms with Crippen LogP contribution in [0, 0.1) is 0 Å². The van der Waals surface area contributed by atoms with Crippen LogP contribution in [0.3, 0.4) is 0 Å². The summed E-state index contributed by atoms with van der Waals surface area (Å²) >= 11 is 3.44. The van der Waals surface area contributed by atoms with Crippen LogP contribution in [-0.4, -0.2) is 25.5 Å². The van der Waals surface area contributed by atoms with Crippen molar-refractivity contribution in [3.8, 4) is 0 Å². The van der Waals surface area contributed by atoms with Crippen LogP contribution in [0.15, 0.2) is 50.4 Å². The standard InChI is InChI=1S/C18H20N2O2S2/c1-2-19-9-10-20-18(21)17-14(12-24-16-8-5-11-23-16)13-6-3-4-7-15(13)22-17/h3-8,11,19H,2,9-10,12H2,1H3,(H,20,21). The first-order valence-corrected chi connectivity index (χ1v) is 9.81. The van der Waals surface area contributed by atoms with Crippen molar-refractivity contribution in [2.75, 3.05) is 19.6 Å². The second-order valence-electron chi connectivity index (χ2n) is 5.24. The van der Waals surface area contributed by atoms with Gasteiger partial charge < -0.3 is 15.1 Å². The summed E-state index contributed by atoms with van der Waals surface area (Å²) in [6, 6.07) is 11.9. The lowest BCUT2D eigenvalue weighted by atomic mass is 10.1. The predicted octanol–water partition coefficient (Wildman–Crippen LogP) is 4.13. The zero-order valence-corrected chi connectivity index (χ0v) is 15.1. The van der Waals surface area contributed by atoms with Crippen molar-refractivity contribution in [2.24, 2.45) is 0 Å². The summed E-state index contributed by atoms with van der Waals surface area (Å²) in [7, 11) is 0. The maximum atomic E-state index is 12.5. The molecular formula is C18H20N2O2S2. The number of amides is 1. The molecule has 0 spiro atoms. The molecule has 0 aliphatic rings. The number of para-hydroxylation sites is 1. The van der Waals surface area contributed by atoms with Gasteiger partial charge in [0.2, 0.25) is 0 Å². The van der Waals surface area contributed by atoms with E-state index in [0.717, 1.165) is 29.6 Å². The van der Waals surface area contributed by atoms with Crippen LogP contribution in [0.5, 0.6) is 0 Å². The maximum absolute atomic E-state index is 12.5. The molecule has 0 saturated carbocycles. The molecule has 1 aromatic carbocycles. The van der Waals surface area contributed by atoms with Gasteiger partial charge in [-0.05, 0) is 24.1 Å². The van der Waals surface area contributed by atoms with E-state index in [2.05, 4.69) is 22.1 Å². The second-order valence-corrected chi connectivity index (χ2v) is 7.46. The Hall–Kier alpha value is -1.76. The first-order valence-electron chi connectivity index (χ1n) is 7.95. The van der Waals surface area contributed by atoms with Crippen LogP contribution in [0.2, 0.25) is 0 Å². The average molecular weight is 361 g/mol. The number of benzene rings is 1. The van der Waals surface area contributed by atoms with Crippen LogP contribution in [-0.2, 0) is 5.75 Å². The number of rotatable bonds is 8. The van der Waals surface area contributed by atoms with Gasteiger partial charge in [-0.2, -0.15) is 0 Å². The first kappa shape index (κ1) is 17.1. The molecule has 1 amide bonds. The molecule has 126 valence electrons. The molecule has 2 aromatic heterocycles. The van der Waals surface area contributed by atoms with Gasteiger partial charge in [0.1, 0.15) is 5.58 Å². The lowest BCUT2D eigenvalue weighted by Crippen LogP contribution is -2.31. The Morgan fingerprint density at radius 2 is 2.08 bits per heavy atom. The fourth-order valence-electron chi connectivity index (χ4n) is 2.44. The zero-order chi connectivity index (χ0) is 16.8. The highest BCUT2D eigenvalue weighted by Crippen LogP contribution is 2.33. The van der Waals surface area contributed by atoms with Crippen molar-refractivity contribution in [3.05, 3.63) is 53.1 Å². The van der Waals surface area contributed by atoms with Gasteiger partial charge in [0.25, 0.3) is 5.91 Å². The number of furan rings is 1. The van der Waals surface area contributed by atoms with E-state index in [9.17, 15) is 4.79 Å². The minimum absolute atomic E-state index is 0.147. The third-order valence-corrected chi connectivity index (χ3v) is 5.75. The van der Waals surface area contributed by atoms with Crippen LogP contribution < -0.4 is 10.6 Å². The molecule has 0 atom stereocenters. The van der Waals surface area contributed by atoms with Crippen molar-refractivity contribution >= 4 is 40.0 Å². The van der Waals surface area contributed by atoms with Gasteiger partial charge in [-0.3, -0.25) is 4.79 Å². The van der Waals surface area contributed by atoms with Crippen molar-refractivity contribution < 1.29 is 9.21 Å². The van der Waals surface area contributed by atoms with Gasteiger partial charge in [-0.15, -0.1) is 23.1 Å². The molecular weight excluding hydrogens is 340 g/mol. The highest BCUT2D eigenvalue weighted by Gasteiger charge is 2.20. The molecule has 0 radical (unpaired) electrons. The minimum Gasteiger partial charge on any atom is -0.451 e. The zero-order valence-electron chi connectivity index (χ0n) is 13.5. The lowest BCUT2D eigenvalue weighted by Gasteiger charge is -2.05. The normalized spacial score (nSPS) is 11.0. The van der Waals surface area contributed by atoms with E-state index in [-0.39, 0.29) is 5.91 Å². The summed E-state index contributed by atoms with van der Waals surface area (Å²) in [5.41, 5.74) is 1.72. The molecule has 4 nitrogen and oxygen atoms in total. The second kappa shape index (κ2) is 8.37. The van der Waals surface area contributed by atoms with Crippen molar-refractivity contribution in [1.82, 2.24) is 10.6 Å². The molecule has 0 unspecified atom stereocenters. The quantitative estimate of drug-likeness (QED) is 0.468. The van der Waals surface area contributed by atoms with Gasteiger partial charge in [-0.1, -0.05) is 31.2 Å². The van der Waals surface area contributed by atoms with E-state index in [1.807, 2.05) is 37.3 Å². The molecule has 3 aromatic rings. The van der Waals surface area contributed by atoms with Crippen molar-refractivity contribution in [2.45, 2.75) is 16.9 Å². The molecule has 0 aliphatic carbocycles. The molecule has 24 heavy (non-hydrogen) atoms. The summed E-state index contributed by atoms with van der Waals surface area (Å²) in [5, 5.41) is 9.19. The average Bonchev–Trinajstić information content (AvgIpc) is 3.24. The molecule has 6 heteroatoms. The van der Waals surface area contributed by atoms with Gasteiger partial charge >= 0.3 is 0 Å². The molecule has 2 heterocycles. The lowest BCUT2D eigenvalue weighted by molar-refractivity contribution is 0.0927. The molecule has 0 bridgehead atoms. The Bertz CT molecular complexity index is 797. The van der Waals surface area contributed by atoms with Gasteiger partial charge in [0, 0.05) is 29.8 Å². The SMILES string of the molecule is CCNCCNC(=O)c1oc2ccccc2c1CSc1cccs1. The first-order chi connectivity index (χ1) is 11.8. The Morgan fingerprint density at radius 3 is 2.88 bits per heavy atom. The molecule has 0 saturated heterocycles. The van der Waals surface area contributed by atoms with Crippen LogP contribution in [0.25, 0.3) is 11.0 Å². The van der Waals surface area contributed by atoms with Gasteiger partial charge in [-0.25, -0.2) is 0 Å². The molecule has 0 aliphatic heterocycles.